The van der Waals surface area contributed by atoms with E-state index in [9.17, 15) is 22.8 Å². The number of carbonyl (C=O) groups excluding carboxylic acids is 3. The van der Waals surface area contributed by atoms with Crippen LogP contribution in [0.25, 0.3) is 0 Å². The zero-order valence-electron chi connectivity index (χ0n) is 13.3. The van der Waals surface area contributed by atoms with E-state index >= 15 is 0 Å². The number of rotatable bonds is 5. The Balaban J connectivity index is 1.56. The summed E-state index contributed by atoms with van der Waals surface area (Å²) in [5, 5.41) is 4.39. The van der Waals surface area contributed by atoms with Crippen LogP contribution in [0.3, 0.4) is 0 Å². The highest BCUT2D eigenvalue weighted by atomic mass is 32.3. The van der Waals surface area contributed by atoms with Gasteiger partial charge in [0.1, 0.15) is 12.6 Å². The van der Waals surface area contributed by atoms with Crippen molar-refractivity contribution in [1.29, 1.82) is 0 Å². The number of hydrogen-bond acceptors (Lipinski definition) is 7. The van der Waals surface area contributed by atoms with Crippen molar-refractivity contribution in [2.75, 3.05) is 6.54 Å². The maximum Gasteiger partial charge on any atom is 0.418 e. The topological polar surface area (TPSA) is 163 Å². The molecule has 0 aliphatic carbocycles. The van der Waals surface area contributed by atoms with Crippen LogP contribution in [0, 0.1) is 0 Å². The Morgan fingerprint density at radius 1 is 1.35 bits per heavy atom. The lowest BCUT2D eigenvalue weighted by Crippen LogP contribution is -2.54. The standard InChI is InChI=1S/C12H16N6O7S/c19-10(7-16-5-1-4-13-16)14-15-11(20)9-3-2-8-6-17(9)12(21)18(8)25-26(22,23)24/h1,4-5,8-9H,2-3,6-7H2,(H,14,19)(H,15,20)(H,22,23,24)/t8-,9+/m1/s1. The summed E-state index contributed by atoms with van der Waals surface area (Å²) >= 11 is 0. The van der Waals surface area contributed by atoms with Gasteiger partial charge in [-0.3, -0.25) is 29.7 Å². The molecule has 26 heavy (non-hydrogen) atoms. The van der Waals surface area contributed by atoms with Crippen LogP contribution in [-0.4, -0.2) is 69.2 Å². The predicted octanol–water partition coefficient (Wildman–Crippen LogP) is -1.97. The van der Waals surface area contributed by atoms with Crippen LogP contribution in [0.2, 0.25) is 0 Å². The molecule has 2 bridgehead atoms. The fraction of sp³-hybridized carbons (Fsp3) is 0.500. The Hall–Kier alpha value is -2.71. The third-order valence-corrected chi connectivity index (χ3v) is 4.34. The van der Waals surface area contributed by atoms with Gasteiger partial charge in [0.25, 0.3) is 11.8 Å². The zero-order chi connectivity index (χ0) is 18.9. The summed E-state index contributed by atoms with van der Waals surface area (Å²) in [4.78, 5) is 37.3. The van der Waals surface area contributed by atoms with Gasteiger partial charge in [-0.2, -0.15) is 18.6 Å². The van der Waals surface area contributed by atoms with Gasteiger partial charge in [0.15, 0.2) is 0 Å². The molecule has 2 aliphatic rings. The van der Waals surface area contributed by atoms with Crippen molar-refractivity contribution in [1.82, 2.24) is 30.6 Å². The molecule has 0 spiro atoms. The largest absolute Gasteiger partial charge is 0.418 e. The van der Waals surface area contributed by atoms with Crippen LogP contribution >= 0.6 is 0 Å². The van der Waals surface area contributed by atoms with Gasteiger partial charge in [0, 0.05) is 18.9 Å². The number of fused-ring (bicyclic) bond motifs is 2. The minimum atomic E-state index is -4.85. The lowest BCUT2D eigenvalue weighted by molar-refractivity contribution is -0.132. The highest BCUT2D eigenvalue weighted by molar-refractivity contribution is 7.80. The fourth-order valence-electron chi connectivity index (χ4n) is 2.90. The van der Waals surface area contributed by atoms with Crippen molar-refractivity contribution in [2.45, 2.75) is 31.5 Å². The van der Waals surface area contributed by atoms with E-state index < -0.39 is 40.3 Å². The molecule has 1 aromatic rings. The number of hydrazine groups is 1. The molecule has 3 rings (SSSR count). The monoisotopic (exact) mass is 388 g/mol. The molecule has 3 N–H and O–H groups in total. The summed E-state index contributed by atoms with van der Waals surface area (Å²) in [5.41, 5.74) is 4.45. The first-order valence-electron chi connectivity index (χ1n) is 7.57. The smallest absolute Gasteiger partial charge is 0.309 e. The average Bonchev–Trinajstić information content (AvgIpc) is 3.15. The molecule has 142 valence electrons. The van der Waals surface area contributed by atoms with E-state index in [0.29, 0.717) is 5.06 Å². The molecule has 13 nitrogen and oxygen atoms in total. The Morgan fingerprint density at radius 2 is 2.12 bits per heavy atom. The van der Waals surface area contributed by atoms with Gasteiger partial charge in [0.2, 0.25) is 0 Å². The summed E-state index contributed by atoms with van der Waals surface area (Å²) in [5.74, 6) is -1.14. The summed E-state index contributed by atoms with van der Waals surface area (Å²) in [6.07, 6.45) is 3.61. The lowest BCUT2D eigenvalue weighted by Gasteiger charge is -2.29. The molecule has 2 saturated heterocycles. The van der Waals surface area contributed by atoms with E-state index in [2.05, 4.69) is 20.2 Å². The zero-order valence-corrected chi connectivity index (χ0v) is 14.1. The number of hydrogen-bond donors (Lipinski definition) is 3. The Kier molecular flexibility index (Phi) is 4.80. The van der Waals surface area contributed by atoms with E-state index in [4.69, 9.17) is 4.55 Å². The van der Waals surface area contributed by atoms with Gasteiger partial charge in [-0.1, -0.05) is 0 Å². The second kappa shape index (κ2) is 6.89. The van der Waals surface area contributed by atoms with Gasteiger partial charge in [-0.25, -0.2) is 4.79 Å². The minimum Gasteiger partial charge on any atom is -0.309 e. The molecule has 0 unspecified atom stereocenters. The van der Waals surface area contributed by atoms with Crippen LogP contribution in [-0.2, 0) is 30.8 Å². The maximum absolute atomic E-state index is 12.3. The number of hydroxylamine groups is 2. The van der Waals surface area contributed by atoms with Crippen molar-refractivity contribution < 1.29 is 31.6 Å². The van der Waals surface area contributed by atoms with Gasteiger partial charge in [-0.05, 0) is 18.9 Å². The van der Waals surface area contributed by atoms with Crippen LogP contribution in [0.5, 0.6) is 0 Å². The number of amides is 4. The van der Waals surface area contributed by atoms with Gasteiger partial charge < -0.3 is 4.90 Å². The molecule has 0 radical (unpaired) electrons. The number of urea groups is 1. The first-order valence-corrected chi connectivity index (χ1v) is 8.94. The highest BCUT2D eigenvalue weighted by Crippen LogP contribution is 2.30. The van der Waals surface area contributed by atoms with E-state index in [1.807, 2.05) is 0 Å². The third-order valence-electron chi connectivity index (χ3n) is 3.99. The summed E-state index contributed by atoms with van der Waals surface area (Å²) in [6, 6.07) is -0.710. The molecule has 14 heteroatoms. The van der Waals surface area contributed by atoms with Crippen LogP contribution in [0.4, 0.5) is 4.79 Å². The number of carbonyl (C=O) groups is 3. The SMILES string of the molecule is O=C(Cn1cccn1)NNC(=O)[C@@H]1CC[C@@H]2CN1C(=O)N2OS(=O)(=O)O. The van der Waals surface area contributed by atoms with Gasteiger partial charge >= 0.3 is 16.4 Å². The highest BCUT2D eigenvalue weighted by Gasteiger charge is 2.49. The summed E-state index contributed by atoms with van der Waals surface area (Å²) in [7, 11) is -4.85. The van der Waals surface area contributed by atoms with Crippen LogP contribution < -0.4 is 10.9 Å². The van der Waals surface area contributed by atoms with E-state index in [1.165, 1.54) is 10.9 Å². The minimum absolute atomic E-state index is 0.0632. The average molecular weight is 388 g/mol. The molecule has 2 fully saturated rings. The maximum atomic E-state index is 12.3. The normalized spacial score (nSPS) is 22.4. The Morgan fingerprint density at radius 3 is 2.77 bits per heavy atom. The molecule has 1 aromatic heterocycles. The molecule has 4 amide bonds. The van der Waals surface area contributed by atoms with E-state index in [0.717, 1.165) is 4.90 Å². The van der Waals surface area contributed by atoms with Crippen molar-refractivity contribution in [2.24, 2.45) is 0 Å². The van der Waals surface area contributed by atoms with Crippen molar-refractivity contribution in [3.63, 3.8) is 0 Å². The van der Waals surface area contributed by atoms with Gasteiger partial charge in [-0.15, -0.1) is 4.28 Å². The lowest BCUT2D eigenvalue weighted by atomic mass is 10.0. The number of nitrogens with one attached hydrogen (secondary N) is 2. The Bertz CT molecular complexity index is 810. The van der Waals surface area contributed by atoms with Crippen molar-refractivity contribution in [3.05, 3.63) is 18.5 Å². The quantitative estimate of drug-likeness (QED) is 0.386. The Labute approximate surface area is 147 Å². The number of piperidine rings is 1. The first-order chi connectivity index (χ1) is 12.2. The molecule has 0 aromatic carbocycles. The number of nitrogens with zero attached hydrogens (tertiary/aromatic N) is 4. The molecular weight excluding hydrogens is 372 g/mol. The fourth-order valence-corrected chi connectivity index (χ4v) is 3.29. The second-order valence-electron chi connectivity index (χ2n) is 5.75. The molecule has 2 atom stereocenters. The summed E-state index contributed by atoms with van der Waals surface area (Å²) in [6.45, 7) is -0.0354. The third kappa shape index (κ3) is 3.92. The van der Waals surface area contributed by atoms with E-state index in [-0.39, 0.29) is 25.9 Å². The van der Waals surface area contributed by atoms with Crippen LogP contribution in [0.15, 0.2) is 18.5 Å². The predicted molar refractivity (Wildman–Crippen MR) is 81.9 cm³/mol. The molecular formula is C12H16N6O7S. The van der Waals surface area contributed by atoms with Crippen molar-refractivity contribution in [3.8, 4) is 0 Å². The molecule has 2 aliphatic heterocycles. The number of aromatic nitrogens is 2. The second-order valence-corrected chi connectivity index (χ2v) is 6.76. The molecule has 3 heterocycles. The van der Waals surface area contributed by atoms with E-state index in [1.54, 1.807) is 12.3 Å². The first kappa shape index (κ1) is 18.1. The van der Waals surface area contributed by atoms with Crippen LogP contribution in [0.1, 0.15) is 12.8 Å². The molecule has 0 saturated carbocycles. The summed E-state index contributed by atoms with van der Waals surface area (Å²) < 4.78 is 36.0. The van der Waals surface area contributed by atoms with Gasteiger partial charge in [0.05, 0.1) is 6.04 Å². The van der Waals surface area contributed by atoms with Crippen molar-refractivity contribution >= 4 is 28.2 Å².